The molecule has 2 aromatic rings. The number of esters is 1. The summed E-state index contributed by atoms with van der Waals surface area (Å²) in [5, 5.41) is 2.91. The Labute approximate surface area is 138 Å². The predicted octanol–water partition coefficient (Wildman–Crippen LogP) is 4.36. The molecule has 0 heterocycles. The zero-order chi connectivity index (χ0) is 17.0. The van der Waals surface area contributed by atoms with Crippen LogP contribution in [-0.4, -0.2) is 11.9 Å². The van der Waals surface area contributed by atoms with Crippen molar-refractivity contribution >= 4 is 29.2 Å². The van der Waals surface area contributed by atoms with Crippen LogP contribution in [0.25, 0.3) is 0 Å². The molecule has 0 bridgehead atoms. The quantitative estimate of drug-likeness (QED) is 0.845. The molecule has 2 aromatic carbocycles. The molecule has 0 aliphatic carbocycles. The summed E-state index contributed by atoms with van der Waals surface area (Å²) in [7, 11) is 0. The van der Waals surface area contributed by atoms with E-state index in [-0.39, 0.29) is 11.3 Å². The smallest absolute Gasteiger partial charge is 0.338 e. The van der Waals surface area contributed by atoms with Crippen molar-refractivity contribution < 1.29 is 18.7 Å². The Hall–Kier alpha value is -2.40. The highest BCUT2D eigenvalue weighted by atomic mass is 35.5. The van der Waals surface area contributed by atoms with Crippen molar-refractivity contribution in [1.82, 2.24) is 0 Å². The van der Waals surface area contributed by atoms with E-state index in [2.05, 4.69) is 5.32 Å². The fourth-order valence-corrected chi connectivity index (χ4v) is 2.09. The van der Waals surface area contributed by atoms with Gasteiger partial charge in [0.05, 0.1) is 11.3 Å². The van der Waals surface area contributed by atoms with Crippen molar-refractivity contribution in [3.05, 3.63) is 64.4 Å². The van der Waals surface area contributed by atoms with E-state index in [4.69, 9.17) is 16.3 Å². The van der Waals surface area contributed by atoms with Crippen LogP contribution in [0.1, 0.15) is 35.9 Å². The first-order chi connectivity index (χ1) is 10.9. The van der Waals surface area contributed by atoms with Gasteiger partial charge >= 0.3 is 5.97 Å². The van der Waals surface area contributed by atoms with E-state index in [0.29, 0.717) is 5.02 Å². The van der Waals surface area contributed by atoms with Crippen LogP contribution < -0.4 is 5.32 Å². The highest BCUT2D eigenvalue weighted by molar-refractivity contribution is 6.30. The van der Waals surface area contributed by atoms with E-state index in [9.17, 15) is 14.0 Å². The Morgan fingerprint density at radius 1 is 1.17 bits per heavy atom. The number of hydrogen-bond acceptors (Lipinski definition) is 3. The molecule has 0 radical (unpaired) electrons. The molecule has 0 aliphatic rings. The molecule has 6 heteroatoms. The Kier molecular flexibility index (Phi) is 5.34. The molecule has 4 nitrogen and oxygen atoms in total. The minimum Gasteiger partial charge on any atom is -0.454 e. The number of halogens is 2. The molecule has 1 atom stereocenters. The highest BCUT2D eigenvalue weighted by Crippen LogP contribution is 2.22. The molecule has 1 N–H and O–H groups in total. The number of benzene rings is 2. The second kappa shape index (κ2) is 7.24. The monoisotopic (exact) mass is 335 g/mol. The van der Waals surface area contributed by atoms with Gasteiger partial charge in [-0.3, -0.25) is 4.79 Å². The zero-order valence-electron chi connectivity index (χ0n) is 12.6. The maximum Gasteiger partial charge on any atom is 0.338 e. The second-order valence-electron chi connectivity index (χ2n) is 4.97. The first-order valence-corrected chi connectivity index (χ1v) is 7.28. The lowest BCUT2D eigenvalue weighted by atomic mass is 10.1. The summed E-state index contributed by atoms with van der Waals surface area (Å²) >= 11 is 5.81. The van der Waals surface area contributed by atoms with Gasteiger partial charge < -0.3 is 10.1 Å². The minimum atomic E-state index is -0.623. The van der Waals surface area contributed by atoms with Crippen LogP contribution in [0.5, 0.6) is 0 Å². The SMILES string of the molecule is CC(=O)Nc1cc(C(=O)OC(C)c2ccc(Cl)cc2)ccc1F. The molecule has 2 rings (SSSR count). The van der Waals surface area contributed by atoms with Gasteiger partial charge in [-0.1, -0.05) is 23.7 Å². The average Bonchev–Trinajstić information content (AvgIpc) is 2.49. The lowest BCUT2D eigenvalue weighted by molar-refractivity contribution is -0.114. The number of carbonyl (C=O) groups is 2. The summed E-state index contributed by atoms with van der Waals surface area (Å²) < 4.78 is 18.9. The van der Waals surface area contributed by atoms with E-state index in [1.54, 1.807) is 31.2 Å². The van der Waals surface area contributed by atoms with Crippen LogP contribution >= 0.6 is 11.6 Å². The van der Waals surface area contributed by atoms with E-state index >= 15 is 0 Å². The number of carbonyl (C=O) groups excluding carboxylic acids is 2. The van der Waals surface area contributed by atoms with Crippen molar-refractivity contribution in [3.63, 3.8) is 0 Å². The average molecular weight is 336 g/mol. The molecule has 120 valence electrons. The molecule has 1 unspecified atom stereocenters. The van der Waals surface area contributed by atoms with Crippen molar-refractivity contribution in [2.45, 2.75) is 20.0 Å². The number of rotatable bonds is 4. The van der Waals surface area contributed by atoms with Crippen LogP contribution in [0.15, 0.2) is 42.5 Å². The van der Waals surface area contributed by atoms with Crippen molar-refractivity contribution in [2.24, 2.45) is 0 Å². The fraction of sp³-hybridized carbons (Fsp3) is 0.176. The van der Waals surface area contributed by atoms with Crippen LogP contribution in [0.4, 0.5) is 10.1 Å². The Balaban J connectivity index is 2.14. The van der Waals surface area contributed by atoms with Gasteiger partial charge in [-0.25, -0.2) is 9.18 Å². The number of amides is 1. The molecule has 23 heavy (non-hydrogen) atoms. The molecular weight excluding hydrogens is 321 g/mol. The molecule has 0 fully saturated rings. The maximum atomic E-state index is 13.6. The van der Waals surface area contributed by atoms with E-state index < -0.39 is 23.8 Å². The topological polar surface area (TPSA) is 55.4 Å². The van der Waals surface area contributed by atoms with Gasteiger partial charge in [-0.2, -0.15) is 0 Å². The summed E-state index contributed by atoms with van der Waals surface area (Å²) in [5.41, 5.74) is 0.869. The molecule has 0 aliphatic heterocycles. The number of ether oxygens (including phenoxy) is 1. The number of nitrogens with one attached hydrogen (secondary N) is 1. The standard InChI is InChI=1S/C17H15ClFNO3/c1-10(12-3-6-14(18)7-4-12)23-17(22)13-5-8-15(19)16(9-13)20-11(2)21/h3-10H,1-2H3,(H,20,21). The van der Waals surface area contributed by atoms with Gasteiger partial charge in [0.15, 0.2) is 0 Å². The lowest BCUT2D eigenvalue weighted by Gasteiger charge is -2.14. The minimum absolute atomic E-state index is 0.0638. The number of hydrogen-bond donors (Lipinski definition) is 1. The van der Waals surface area contributed by atoms with Crippen LogP contribution in [0.3, 0.4) is 0 Å². The van der Waals surface area contributed by atoms with Gasteiger partial charge in [-0.15, -0.1) is 0 Å². The Bertz CT molecular complexity index is 731. The summed E-state index contributed by atoms with van der Waals surface area (Å²) in [6, 6.07) is 10.6. The maximum absolute atomic E-state index is 13.6. The molecule has 0 aromatic heterocycles. The van der Waals surface area contributed by atoms with Crippen LogP contribution in [0.2, 0.25) is 5.02 Å². The van der Waals surface area contributed by atoms with E-state index in [1.165, 1.54) is 19.1 Å². The first kappa shape index (κ1) is 17.0. The van der Waals surface area contributed by atoms with Gasteiger partial charge in [0.2, 0.25) is 5.91 Å². The Morgan fingerprint density at radius 2 is 1.83 bits per heavy atom. The normalized spacial score (nSPS) is 11.7. The molecule has 0 saturated carbocycles. The fourth-order valence-electron chi connectivity index (χ4n) is 1.97. The summed E-state index contributed by atoms with van der Waals surface area (Å²) in [5.74, 6) is -1.66. The third-order valence-corrected chi connectivity index (χ3v) is 3.39. The highest BCUT2D eigenvalue weighted by Gasteiger charge is 2.16. The van der Waals surface area contributed by atoms with Gasteiger partial charge in [0.25, 0.3) is 0 Å². The molecule has 1 amide bonds. The zero-order valence-corrected chi connectivity index (χ0v) is 13.4. The second-order valence-corrected chi connectivity index (χ2v) is 5.41. The third-order valence-electron chi connectivity index (χ3n) is 3.14. The predicted molar refractivity (Wildman–Crippen MR) is 86.0 cm³/mol. The third kappa shape index (κ3) is 4.53. The Morgan fingerprint density at radius 3 is 2.43 bits per heavy atom. The van der Waals surface area contributed by atoms with Crippen molar-refractivity contribution in [3.8, 4) is 0 Å². The van der Waals surface area contributed by atoms with Crippen LogP contribution in [0, 0.1) is 5.82 Å². The van der Waals surface area contributed by atoms with Crippen LogP contribution in [-0.2, 0) is 9.53 Å². The van der Waals surface area contributed by atoms with Gasteiger partial charge in [-0.05, 0) is 42.8 Å². The van der Waals surface area contributed by atoms with E-state index in [1.807, 2.05) is 0 Å². The van der Waals surface area contributed by atoms with Gasteiger partial charge in [0, 0.05) is 11.9 Å². The lowest BCUT2D eigenvalue weighted by Crippen LogP contribution is -2.12. The summed E-state index contributed by atoms with van der Waals surface area (Å²) in [6.07, 6.45) is -0.492. The van der Waals surface area contributed by atoms with Crippen molar-refractivity contribution in [1.29, 1.82) is 0 Å². The largest absolute Gasteiger partial charge is 0.454 e. The van der Waals surface area contributed by atoms with Crippen molar-refractivity contribution in [2.75, 3.05) is 5.32 Å². The summed E-state index contributed by atoms with van der Waals surface area (Å²) in [6.45, 7) is 2.98. The van der Waals surface area contributed by atoms with Gasteiger partial charge in [0.1, 0.15) is 11.9 Å². The number of anilines is 1. The molecule has 0 spiro atoms. The molecule has 0 saturated heterocycles. The van der Waals surface area contributed by atoms with E-state index in [0.717, 1.165) is 11.6 Å². The summed E-state index contributed by atoms with van der Waals surface area (Å²) in [4.78, 5) is 23.2. The first-order valence-electron chi connectivity index (χ1n) is 6.90. The molecular formula is C17H15ClFNO3.